The number of anilines is 1. The molecule has 5 rings (SSSR count). The van der Waals surface area contributed by atoms with Gasteiger partial charge in [-0.25, -0.2) is 9.78 Å². The lowest BCUT2D eigenvalue weighted by Crippen LogP contribution is -2.38. The van der Waals surface area contributed by atoms with Crippen molar-refractivity contribution in [3.63, 3.8) is 0 Å². The van der Waals surface area contributed by atoms with Crippen LogP contribution >= 0.6 is 0 Å². The predicted molar refractivity (Wildman–Crippen MR) is 142 cm³/mol. The van der Waals surface area contributed by atoms with Gasteiger partial charge in [0.1, 0.15) is 18.1 Å². The molecule has 1 saturated heterocycles. The van der Waals surface area contributed by atoms with Gasteiger partial charge < -0.3 is 19.6 Å². The second-order valence-corrected chi connectivity index (χ2v) is 11.6. The van der Waals surface area contributed by atoms with Crippen molar-refractivity contribution in [3.05, 3.63) is 58.4 Å². The first kappa shape index (κ1) is 25.4. The van der Waals surface area contributed by atoms with Crippen LogP contribution in [0.5, 0.6) is 0 Å². The maximum absolute atomic E-state index is 13.5. The van der Waals surface area contributed by atoms with Crippen molar-refractivity contribution in [1.82, 2.24) is 9.88 Å². The van der Waals surface area contributed by atoms with Crippen molar-refractivity contribution < 1.29 is 19.4 Å². The molecule has 1 aromatic carbocycles. The molecule has 2 fully saturated rings. The number of aliphatic carboxylic acids is 1. The van der Waals surface area contributed by atoms with E-state index < -0.39 is 5.97 Å². The predicted octanol–water partition coefficient (Wildman–Crippen LogP) is 4.35. The van der Waals surface area contributed by atoms with Gasteiger partial charge in [-0.05, 0) is 60.9 Å². The summed E-state index contributed by atoms with van der Waals surface area (Å²) < 4.78 is 5.49. The summed E-state index contributed by atoms with van der Waals surface area (Å²) in [5.74, 6) is -0.0913. The number of benzene rings is 1. The Hall–Kier alpha value is -3.26. The van der Waals surface area contributed by atoms with E-state index in [0.717, 1.165) is 48.4 Å². The van der Waals surface area contributed by atoms with Crippen LogP contribution in [0.2, 0.25) is 0 Å². The van der Waals surface area contributed by atoms with Crippen molar-refractivity contribution in [3.8, 4) is 0 Å². The fourth-order valence-corrected chi connectivity index (χ4v) is 5.13. The Balaban J connectivity index is 1.31. The third-order valence-electron chi connectivity index (χ3n) is 7.59. The zero-order valence-corrected chi connectivity index (χ0v) is 21.9. The second-order valence-electron chi connectivity index (χ2n) is 11.6. The zero-order valence-electron chi connectivity index (χ0n) is 21.9. The number of Topliss-reactive ketones (excluding diaryl/α,β-unsaturated/α-hetero) is 1. The Morgan fingerprint density at radius 3 is 2.49 bits per heavy atom. The molecule has 8 heteroatoms. The number of aromatic nitrogens is 1. The maximum Gasteiger partial charge on any atom is 0.329 e. The zero-order chi connectivity index (χ0) is 26.3. The van der Waals surface area contributed by atoms with Gasteiger partial charge in [0, 0.05) is 48.1 Å². The highest BCUT2D eigenvalue weighted by atomic mass is 16.5. The minimum Gasteiger partial charge on any atom is -0.480 e. The molecule has 1 aliphatic carbocycles. The summed E-state index contributed by atoms with van der Waals surface area (Å²) in [5, 5.41) is 17.6. The molecule has 0 radical (unpaired) electrons. The smallest absolute Gasteiger partial charge is 0.329 e. The molecule has 37 heavy (non-hydrogen) atoms. The van der Waals surface area contributed by atoms with Crippen molar-refractivity contribution in [2.24, 2.45) is 0 Å². The number of carbonyl (C=O) groups is 2. The average molecular weight is 505 g/mol. The number of carbonyl (C=O) groups excluding carboxylic acids is 1. The van der Waals surface area contributed by atoms with E-state index in [9.17, 15) is 9.59 Å². The van der Waals surface area contributed by atoms with E-state index in [0.29, 0.717) is 29.6 Å². The Morgan fingerprint density at radius 1 is 1.11 bits per heavy atom. The minimum absolute atomic E-state index is 0.00741. The molecule has 1 aromatic heterocycles. The van der Waals surface area contributed by atoms with Gasteiger partial charge in [-0.3, -0.25) is 10.2 Å². The van der Waals surface area contributed by atoms with Crippen LogP contribution in [0.4, 0.5) is 5.69 Å². The fraction of sp³-hybridized carbons (Fsp3) is 0.517. The molecule has 1 saturated carbocycles. The third-order valence-corrected chi connectivity index (χ3v) is 7.59. The molecule has 0 amide bonds. The number of hydrogen-bond donors (Lipinski definition) is 2. The summed E-state index contributed by atoms with van der Waals surface area (Å²) in [5.41, 5.74) is 5.41. The minimum atomic E-state index is -0.947. The fourth-order valence-electron chi connectivity index (χ4n) is 5.13. The van der Waals surface area contributed by atoms with E-state index in [4.69, 9.17) is 20.2 Å². The van der Waals surface area contributed by atoms with Crippen molar-refractivity contribution in [2.45, 2.75) is 70.4 Å². The number of hydrogen-bond acceptors (Lipinski definition) is 6. The first-order valence-electron chi connectivity index (χ1n) is 13.2. The number of nitrogens with one attached hydrogen (secondary N) is 1. The van der Waals surface area contributed by atoms with Crippen LogP contribution in [0.25, 0.3) is 0 Å². The van der Waals surface area contributed by atoms with Crippen LogP contribution in [0.3, 0.4) is 0 Å². The number of ether oxygens (including phenoxy) is 1. The lowest BCUT2D eigenvalue weighted by atomic mass is 9.85. The summed E-state index contributed by atoms with van der Waals surface area (Å²) in [6.45, 7) is 8.32. The van der Waals surface area contributed by atoms with E-state index >= 15 is 0 Å². The van der Waals surface area contributed by atoms with Crippen LogP contribution in [0.15, 0.2) is 30.3 Å². The Kier molecular flexibility index (Phi) is 6.79. The van der Waals surface area contributed by atoms with E-state index in [2.05, 4.69) is 43.9 Å². The Labute approximate surface area is 218 Å². The number of carboxylic acids is 1. The maximum atomic E-state index is 13.5. The molecule has 0 unspecified atom stereocenters. The molecule has 2 N–H and O–H groups in total. The van der Waals surface area contributed by atoms with Crippen LogP contribution in [0.1, 0.15) is 85.2 Å². The van der Waals surface area contributed by atoms with Crippen LogP contribution in [0, 0.1) is 5.41 Å². The van der Waals surface area contributed by atoms with Crippen LogP contribution < -0.4 is 4.90 Å². The molecule has 196 valence electrons. The van der Waals surface area contributed by atoms with Gasteiger partial charge >= 0.3 is 5.97 Å². The molecule has 0 atom stereocenters. The number of rotatable bonds is 8. The van der Waals surface area contributed by atoms with Crippen molar-refractivity contribution >= 4 is 23.3 Å². The molecule has 0 bridgehead atoms. The van der Waals surface area contributed by atoms with E-state index in [1.807, 2.05) is 17.0 Å². The van der Waals surface area contributed by atoms with Crippen molar-refractivity contribution in [1.29, 1.82) is 5.41 Å². The quantitative estimate of drug-likeness (QED) is 0.515. The molecule has 3 aliphatic rings. The molecule has 0 spiro atoms. The van der Waals surface area contributed by atoms with Crippen LogP contribution in [-0.2, 0) is 21.5 Å². The lowest BCUT2D eigenvalue weighted by molar-refractivity contribution is -0.144. The van der Waals surface area contributed by atoms with Crippen molar-refractivity contribution in [2.75, 3.05) is 31.1 Å². The van der Waals surface area contributed by atoms with E-state index in [1.54, 1.807) is 0 Å². The molecular formula is C29H36N4O4. The second kappa shape index (κ2) is 9.89. The highest BCUT2D eigenvalue weighted by Gasteiger charge is 2.32. The third kappa shape index (κ3) is 5.69. The van der Waals surface area contributed by atoms with Gasteiger partial charge in [0.25, 0.3) is 0 Å². The average Bonchev–Trinajstić information content (AvgIpc) is 3.67. The highest BCUT2D eigenvalue weighted by Crippen LogP contribution is 2.40. The topological polar surface area (TPSA) is 107 Å². The van der Waals surface area contributed by atoms with E-state index in [1.165, 1.54) is 12.8 Å². The SMILES string of the molecule is CC(C)(C)c1cc(C(=O)CN2Cc3ccc(C4CC4)nc3C2=N)cc(N2CCC(OCC(=O)O)CC2)c1. The number of fused-ring (bicyclic) bond motifs is 1. The number of carboxylic acid groups (broad SMARTS) is 1. The summed E-state index contributed by atoms with van der Waals surface area (Å²) >= 11 is 0. The number of ketones is 1. The van der Waals surface area contributed by atoms with Gasteiger partial charge in [0.15, 0.2) is 5.78 Å². The monoisotopic (exact) mass is 504 g/mol. The summed E-state index contributed by atoms with van der Waals surface area (Å²) in [4.78, 5) is 33.2. The normalized spacial score (nSPS) is 18.3. The first-order chi connectivity index (χ1) is 17.6. The van der Waals surface area contributed by atoms with Gasteiger partial charge in [-0.15, -0.1) is 0 Å². The van der Waals surface area contributed by atoms with Gasteiger partial charge in [0.05, 0.1) is 12.6 Å². The van der Waals surface area contributed by atoms with Gasteiger partial charge in [0.2, 0.25) is 0 Å². The number of piperidine rings is 1. The largest absolute Gasteiger partial charge is 0.480 e. The number of amidine groups is 1. The Bertz CT molecular complexity index is 1220. The van der Waals surface area contributed by atoms with E-state index in [-0.39, 0.29) is 30.5 Å². The molecule has 3 heterocycles. The molecule has 2 aliphatic heterocycles. The Morgan fingerprint density at radius 2 is 1.84 bits per heavy atom. The highest BCUT2D eigenvalue weighted by molar-refractivity contribution is 6.04. The summed E-state index contributed by atoms with van der Waals surface area (Å²) in [6.07, 6.45) is 3.77. The first-order valence-corrected chi connectivity index (χ1v) is 13.2. The lowest BCUT2D eigenvalue weighted by Gasteiger charge is -2.34. The summed E-state index contributed by atoms with van der Waals surface area (Å²) in [6, 6.07) is 10.3. The van der Waals surface area contributed by atoms with Gasteiger partial charge in [-0.1, -0.05) is 26.8 Å². The molecular weight excluding hydrogens is 468 g/mol. The van der Waals surface area contributed by atoms with Crippen LogP contribution in [-0.4, -0.2) is 64.9 Å². The number of nitrogens with zero attached hydrogens (tertiary/aromatic N) is 3. The molecule has 8 nitrogen and oxygen atoms in total. The molecule has 2 aromatic rings. The van der Waals surface area contributed by atoms with Gasteiger partial charge in [-0.2, -0.15) is 0 Å². The standard InChI is InChI=1S/C29H36N4O4/c1-29(2,3)21-12-20(13-22(14-21)32-10-8-23(9-11-32)37-17-26(35)36)25(34)16-33-15-19-6-7-24(18-4-5-18)31-27(19)28(33)30/h6-7,12-14,18,23,30H,4-5,8-11,15-17H2,1-3H3,(H,35,36). The summed E-state index contributed by atoms with van der Waals surface area (Å²) in [7, 11) is 0. The number of pyridine rings is 1.